The number of aryl methyl sites for hydroxylation is 1. The molecule has 3 rings (SSSR count). The number of hydrogen-bond donors (Lipinski definition) is 0. The third-order valence-electron chi connectivity index (χ3n) is 3.02. The van der Waals surface area contributed by atoms with E-state index in [1.54, 1.807) is 6.92 Å². The molecule has 1 aliphatic carbocycles. The Balaban J connectivity index is 2.01. The van der Waals surface area contributed by atoms with E-state index in [4.69, 9.17) is 4.42 Å². The molecule has 5 nitrogen and oxygen atoms in total. The highest BCUT2D eigenvalue weighted by molar-refractivity contribution is 9.10. The van der Waals surface area contributed by atoms with Gasteiger partial charge in [-0.1, -0.05) is 0 Å². The average Bonchev–Trinajstić information content (AvgIpc) is 3.00. The van der Waals surface area contributed by atoms with Crippen LogP contribution in [0.3, 0.4) is 0 Å². The Morgan fingerprint density at radius 3 is 2.55 bits per heavy atom. The molecule has 0 aromatic carbocycles. The van der Waals surface area contributed by atoms with Gasteiger partial charge in [0.25, 0.3) is 0 Å². The Kier molecular flexibility index (Phi) is 3.11. The lowest BCUT2D eigenvalue weighted by molar-refractivity contribution is -0.142. The van der Waals surface area contributed by atoms with Crippen LogP contribution in [0, 0.1) is 6.92 Å². The van der Waals surface area contributed by atoms with Gasteiger partial charge < -0.3 is 4.42 Å². The highest BCUT2D eigenvalue weighted by Crippen LogP contribution is 2.47. The molecule has 1 aliphatic rings. The normalized spacial score (nSPS) is 15.8. The molecule has 0 saturated heterocycles. The van der Waals surface area contributed by atoms with Gasteiger partial charge in [-0.25, -0.2) is 0 Å². The van der Waals surface area contributed by atoms with Crippen molar-refractivity contribution >= 4 is 15.9 Å². The van der Waals surface area contributed by atoms with Crippen LogP contribution in [0.25, 0.3) is 0 Å². The zero-order valence-corrected chi connectivity index (χ0v) is 12.0. The lowest BCUT2D eigenvalue weighted by Crippen LogP contribution is -2.10. The van der Waals surface area contributed by atoms with Crippen molar-refractivity contribution < 1.29 is 17.6 Å². The second-order valence-electron chi connectivity index (χ2n) is 4.69. The van der Waals surface area contributed by atoms with Gasteiger partial charge in [0, 0.05) is 12.8 Å². The van der Waals surface area contributed by atoms with Crippen LogP contribution in [0.15, 0.2) is 8.89 Å². The first-order valence-corrected chi connectivity index (χ1v) is 6.78. The fourth-order valence-corrected chi connectivity index (χ4v) is 2.86. The molecular formula is C11H10BrF3N4O. The minimum absolute atomic E-state index is 0.0173. The lowest BCUT2D eigenvalue weighted by Gasteiger charge is -2.03. The molecule has 1 saturated carbocycles. The SMILES string of the molecule is Cc1nnc(Cn2nc(C(F)(F)F)c(Br)c2C2CC2)o1. The maximum atomic E-state index is 12.9. The van der Waals surface area contributed by atoms with Crippen molar-refractivity contribution in [1.29, 1.82) is 0 Å². The standard InChI is InChI=1S/C11H10BrF3N4O/c1-5-16-17-7(20-5)4-19-9(6-2-3-6)8(12)10(18-19)11(13,14)15/h6H,2-4H2,1H3. The smallest absolute Gasteiger partial charge is 0.424 e. The topological polar surface area (TPSA) is 56.7 Å². The Morgan fingerprint density at radius 1 is 1.35 bits per heavy atom. The Morgan fingerprint density at radius 2 is 2.05 bits per heavy atom. The van der Waals surface area contributed by atoms with Crippen LogP contribution in [-0.2, 0) is 12.7 Å². The summed E-state index contributed by atoms with van der Waals surface area (Å²) in [4.78, 5) is 0. The van der Waals surface area contributed by atoms with Crippen LogP contribution in [0.2, 0.25) is 0 Å². The summed E-state index contributed by atoms with van der Waals surface area (Å²) in [5, 5.41) is 11.1. The molecule has 9 heteroatoms. The van der Waals surface area contributed by atoms with E-state index >= 15 is 0 Å². The fraction of sp³-hybridized carbons (Fsp3) is 0.545. The molecule has 1 fully saturated rings. The molecule has 2 aromatic heterocycles. The van der Waals surface area contributed by atoms with E-state index in [9.17, 15) is 13.2 Å². The molecule has 0 spiro atoms. The molecule has 0 aliphatic heterocycles. The van der Waals surface area contributed by atoms with Gasteiger partial charge in [-0.3, -0.25) is 4.68 Å². The highest BCUT2D eigenvalue weighted by Gasteiger charge is 2.41. The molecule has 0 amide bonds. The molecule has 108 valence electrons. The summed E-state index contributed by atoms with van der Waals surface area (Å²) >= 11 is 3.03. The summed E-state index contributed by atoms with van der Waals surface area (Å²) in [5.41, 5.74) is -0.358. The second-order valence-corrected chi connectivity index (χ2v) is 5.49. The minimum Gasteiger partial charge on any atom is -0.424 e. The van der Waals surface area contributed by atoms with Crippen molar-refractivity contribution in [3.05, 3.63) is 27.6 Å². The molecular weight excluding hydrogens is 341 g/mol. The van der Waals surface area contributed by atoms with Gasteiger partial charge in [0.05, 0.1) is 10.2 Å². The predicted molar refractivity (Wildman–Crippen MR) is 65.0 cm³/mol. The molecule has 0 radical (unpaired) electrons. The van der Waals surface area contributed by atoms with Crippen LogP contribution in [0.4, 0.5) is 13.2 Å². The van der Waals surface area contributed by atoms with Gasteiger partial charge in [-0.15, -0.1) is 10.2 Å². The van der Waals surface area contributed by atoms with Gasteiger partial charge >= 0.3 is 6.18 Å². The van der Waals surface area contributed by atoms with Gasteiger partial charge in [-0.05, 0) is 28.8 Å². The first kappa shape index (κ1) is 13.6. The molecule has 0 atom stereocenters. The summed E-state index contributed by atoms with van der Waals surface area (Å²) in [5.74, 6) is 0.723. The zero-order chi connectivity index (χ0) is 14.5. The maximum absolute atomic E-state index is 12.9. The monoisotopic (exact) mass is 350 g/mol. The minimum atomic E-state index is -4.49. The number of aromatic nitrogens is 4. The van der Waals surface area contributed by atoms with E-state index in [1.807, 2.05) is 0 Å². The van der Waals surface area contributed by atoms with Crippen LogP contribution >= 0.6 is 15.9 Å². The lowest BCUT2D eigenvalue weighted by atomic mass is 10.2. The largest absolute Gasteiger partial charge is 0.436 e. The van der Waals surface area contributed by atoms with E-state index in [0.717, 1.165) is 12.8 Å². The Hall–Kier alpha value is -1.38. The number of alkyl halides is 3. The molecule has 2 heterocycles. The van der Waals surface area contributed by atoms with Crippen molar-refractivity contribution in [2.24, 2.45) is 0 Å². The van der Waals surface area contributed by atoms with E-state index in [1.165, 1.54) is 4.68 Å². The third kappa shape index (κ3) is 2.46. The third-order valence-corrected chi connectivity index (χ3v) is 3.80. The molecule has 2 aromatic rings. The number of nitrogens with zero attached hydrogens (tertiary/aromatic N) is 4. The average molecular weight is 351 g/mol. The van der Waals surface area contributed by atoms with E-state index < -0.39 is 11.9 Å². The van der Waals surface area contributed by atoms with Crippen LogP contribution < -0.4 is 0 Å². The van der Waals surface area contributed by atoms with Crippen LogP contribution in [-0.4, -0.2) is 20.0 Å². The van der Waals surface area contributed by atoms with Gasteiger partial charge in [0.1, 0.15) is 6.54 Å². The first-order valence-electron chi connectivity index (χ1n) is 5.98. The Bertz CT molecular complexity index is 645. The van der Waals surface area contributed by atoms with Crippen molar-refractivity contribution in [2.75, 3.05) is 0 Å². The number of rotatable bonds is 3. The maximum Gasteiger partial charge on any atom is 0.436 e. The number of halogens is 4. The molecule has 20 heavy (non-hydrogen) atoms. The summed E-state index contributed by atoms with van der Waals surface area (Å²) in [6, 6.07) is 0. The second kappa shape index (κ2) is 4.57. The molecule has 0 unspecified atom stereocenters. The summed E-state index contributed by atoms with van der Waals surface area (Å²) in [6.45, 7) is 1.67. The van der Waals surface area contributed by atoms with Crippen molar-refractivity contribution in [1.82, 2.24) is 20.0 Å². The summed E-state index contributed by atoms with van der Waals surface area (Å²) < 4.78 is 45.3. The molecule has 0 N–H and O–H groups in total. The highest BCUT2D eigenvalue weighted by atomic mass is 79.9. The summed E-state index contributed by atoms with van der Waals surface area (Å²) in [6.07, 6.45) is -2.76. The summed E-state index contributed by atoms with van der Waals surface area (Å²) in [7, 11) is 0. The number of hydrogen-bond acceptors (Lipinski definition) is 4. The van der Waals surface area contributed by atoms with Crippen molar-refractivity contribution in [2.45, 2.75) is 38.4 Å². The van der Waals surface area contributed by atoms with Gasteiger partial charge in [-0.2, -0.15) is 18.3 Å². The van der Waals surface area contributed by atoms with Crippen LogP contribution in [0.1, 0.15) is 41.9 Å². The van der Waals surface area contributed by atoms with Gasteiger partial charge in [0.15, 0.2) is 5.69 Å². The van der Waals surface area contributed by atoms with Crippen molar-refractivity contribution in [3.63, 3.8) is 0 Å². The zero-order valence-electron chi connectivity index (χ0n) is 10.4. The van der Waals surface area contributed by atoms with Crippen LogP contribution in [0.5, 0.6) is 0 Å². The predicted octanol–water partition coefficient (Wildman–Crippen LogP) is 3.28. The van der Waals surface area contributed by atoms with E-state index in [2.05, 4.69) is 31.2 Å². The Labute approximate surface area is 120 Å². The quantitative estimate of drug-likeness (QED) is 0.852. The van der Waals surface area contributed by atoms with Crippen molar-refractivity contribution in [3.8, 4) is 0 Å². The van der Waals surface area contributed by atoms with Gasteiger partial charge in [0.2, 0.25) is 11.8 Å². The first-order chi connectivity index (χ1) is 9.36. The van der Waals surface area contributed by atoms with E-state index in [-0.39, 0.29) is 22.8 Å². The molecule has 0 bridgehead atoms. The fourth-order valence-electron chi connectivity index (χ4n) is 2.03. The van der Waals surface area contributed by atoms with E-state index in [0.29, 0.717) is 11.6 Å².